The molecule has 5 nitrogen and oxygen atoms in total. The molecule has 1 atom stereocenters. The van der Waals surface area contributed by atoms with Crippen LogP contribution in [0.15, 0.2) is 36.4 Å². The predicted octanol–water partition coefficient (Wildman–Crippen LogP) is 4.58. The number of amides is 1. The summed E-state index contributed by atoms with van der Waals surface area (Å²) in [4.78, 5) is 15.0. The molecule has 0 radical (unpaired) electrons. The average molecular weight is 451 g/mol. The van der Waals surface area contributed by atoms with Crippen LogP contribution in [0.5, 0.6) is 11.5 Å². The van der Waals surface area contributed by atoms with E-state index in [0.29, 0.717) is 28.1 Å². The van der Waals surface area contributed by atoms with Gasteiger partial charge in [0.2, 0.25) is 5.91 Å². The Morgan fingerprint density at radius 2 is 1.93 bits per heavy atom. The summed E-state index contributed by atoms with van der Waals surface area (Å²) in [5.74, 6) is 1.51. The smallest absolute Gasteiger partial charge is 0.224 e. The minimum Gasteiger partial charge on any atom is -0.493 e. The minimum absolute atomic E-state index is 0.00442. The van der Waals surface area contributed by atoms with E-state index >= 15 is 0 Å². The number of halogens is 2. The lowest BCUT2D eigenvalue weighted by atomic mass is 9.96. The molecule has 1 saturated heterocycles. The van der Waals surface area contributed by atoms with Crippen molar-refractivity contribution in [3.63, 3.8) is 0 Å². The zero-order valence-corrected chi connectivity index (χ0v) is 18.9. The van der Waals surface area contributed by atoms with Crippen molar-refractivity contribution in [2.24, 2.45) is 5.92 Å². The lowest BCUT2D eigenvalue weighted by Crippen LogP contribution is -2.43. The number of carbonyl (C=O) groups is 1. The SMILES string of the molecule is COc1ccc(CCNC(=O)C2CCCN(Cc3ccc(Cl)cc3Cl)C2)cc1OC. The number of benzene rings is 2. The van der Waals surface area contributed by atoms with Gasteiger partial charge >= 0.3 is 0 Å². The molecule has 1 unspecified atom stereocenters. The second kappa shape index (κ2) is 10.9. The second-order valence-corrected chi connectivity index (χ2v) is 8.38. The highest BCUT2D eigenvalue weighted by Gasteiger charge is 2.26. The van der Waals surface area contributed by atoms with Gasteiger partial charge in [-0.15, -0.1) is 0 Å². The highest BCUT2D eigenvalue weighted by Crippen LogP contribution is 2.28. The van der Waals surface area contributed by atoms with Crippen LogP contribution >= 0.6 is 23.2 Å². The first kappa shape index (κ1) is 22.7. The van der Waals surface area contributed by atoms with Crippen LogP contribution in [0.3, 0.4) is 0 Å². The van der Waals surface area contributed by atoms with Crippen LogP contribution in [0.25, 0.3) is 0 Å². The van der Waals surface area contributed by atoms with Gasteiger partial charge in [-0.1, -0.05) is 35.3 Å². The molecule has 162 valence electrons. The highest BCUT2D eigenvalue weighted by molar-refractivity contribution is 6.35. The molecular formula is C23H28Cl2N2O3. The molecule has 0 saturated carbocycles. The van der Waals surface area contributed by atoms with Gasteiger partial charge in [-0.3, -0.25) is 9.69 Å². The summed E-state index contributed by atoms with van der Waals surface area (Å²) < 4.78 is 10.6. The van der Waals surface area contributed by atoms with Crippen molar-refractivity contribution in [3.05, 3.63) is 57.6 Å². The Morgan fingerprint density at radius 3 is 2.67 bits per heavy atom. The Morgan fingerprint density at radius 1 is 1.13 bits per heavy atom. The minimum atomic E-state index is -0.00442. The van der Waals surface area contributed by atoms with Crippen LogP contribution in [0, 0.1) is 5.92 Å². The van der Waals surface area contributed by atoms with Crippen molar-refractivity contribution in [3.8, 4) is 11.5 Å². The molecule has 3 rings (SSSR count). The van der Waals surface area contributed by atoms with E-state index in [9.17, 15) is 4.79 Å². The van der Waals surface area contributed by atoms with Crippen molar-refractivity contribution < 1.29 is 14.3 Å². The molecule has 1 N–H and O–H groups in total. The molecule has 1 amide bonds. The first-order chi connectivity index (χ1) is 14.5. The van der Waals surface area contributed by atoms with Crippen LogP contribution in [-0.2, 0) is 17.8 Å². The Bertz CT molecular complexity index is 876. The predicted molar refractivity (Wildman–Crippen MR) is 121 cm³/mol. The third-order valence-electron chi connectivity index (χ3n) is 5.45. The van der Waals surface area contributed by atoms with Crippen molar-refractivity contribution in [1.82, 2.24) is 10.2 Å². The summed E-state index contributed by atoms with van der Waals surface area (Å²) in [6, 6.07) is 11.4. The molecule has 7 heteroatoms. The maximum absolute atomic E-state index is 12.7. The van der Waals surface area contributed by atoms with Gasteiger partial charge in [-0.25, -0.2) is 0 Å². The molecule has 1 heterocycles. The van der Waals surface area contributed by atoms with E-state index in [1.165, 1.54) is 0 Å². The van der Waals surface area contributed by atoms with Crippen molar-refractivity contribution in [1.29, 1.82) is 0 Å². The van der Waals surface area contributed by atoms with Crippen LogP contribution in [0.4, 0.5) is 0 Å². The first-order valence-corrected chi connectivity index (χ1v) is 10.9. The van der Waals surface area contributed by atoms with E-state index in [1.54, 1.807) is 20.3 Å². The number of hydrogen-bond donors (Lipinski definition) is 1. The largest absolute Gasteiger partial charge is 0.493 e. The quantitative estimate of drug-likeness (QED) is 0.639. The lowest BCUT2D eigenvalue weighted by molar-refractivity contribution is -0.126. The third-order valence-corrected chi connectivity index (χ3v) is 6.03. The van der Waals surface area contributed by atoms with Crippen LogP contribution in [-0.4, -0.2) is 44.7 Å². The fourth-order valence-electron chi connectivity index (χ4n) is 3.81. The number of piperidine rings is 1. The maximum Gasteiger partial charge on any atom is 0.224 e. The first-order valence-electron chi connectivity index (χ1n) is 10.1. The molecule has 0 spiro atoms. The lowest BCUT2D eigenvalue weighted by Gasteiger charge is -2.32. The Balaban J connectivity index is 1.49. The van der Waals surface area contributed by atoms with Crippen molar-refractivity contribution >= 4 is 29.1 Å². The normalized spacial score (nSPS) is 16.9. The molecular weight excluding hydrogens is 423 g/mol. The number of likely N-dealkylation sites (tertiary alicyclic amines) is 1. The zero-order chi connectivity index (χ0) is 21.5. The van der Waals surface area contributed by atoms with Crippen LogP contribution in [0.1, 0.15) is 24.0 Å². The summed E-state index contributed by atoms with van der Waals surface area (Å²) in [5.41, 5.74) is 2.13. The van der Waals surface area contributed by atoms with E-state index < -0.39 is 0 Å². The number of carbonyl (C=O) groups excluding carboxylic acids is 1. The molecule has 2 aromatic carbocycles. The van der Waals surface area contributed by atoms with E-state index in [4.69, 9.17) is 32.7 Å². The summed E-state index contributed by atoms with van der Waals surface area (Å²) in [7, 11) is 3.24. The van der Waals surface area contributed by atoms with Crippen LogP contribution < -0.4 is 14.8 Å². The Hall–Kier alpha value is -1.95. The van der Waals surface area contributed by atoms with Crippen molar-refractivity contribution in [2.75, 3.05) is 33.9 Å². The molecule has 1 fully saturated rings. The molecule has 2 aromatic rings. The molecule has 0 bridgehead atoms. The average Bonchev–Trinajstić information content (AvgIpc) is 2.75. The van der Waals surface area contributed by atoms with E-state index in [1.807, 2.05) is 30.3 Å². The Kier molecular flexibility index (Phi) is 8.25. The number of nitrogens with zero attached hydrogens (tertiary/aromatic N) is 1. The topological polar surface area (TPSA) is 50.8 Å². The molecule has 30 heavy (non-hydrogen) atoms. The monoisotopic (exact) mass is 450 g/mol. The van der Waals surface area contributed by atoms with Gasteiger partial charge in [0, 0.05) is 29.7 Å². The van der Waals surface area contributed by atoms with E-state index in [2.05, 4.69) is 10.2 Å². The van der Waals surface area contributed by atoms with Gasteiger partial charge < -0.3 is 14.8 Å². The summed E-state index contributed by atoms with van der Waals surface area (Å²) in [6.45, 7) is 3.02. The fraction of sp³-hybridized carbons (Fsp3) is 0.435. The summed E-state index contributed by atoms with van der Waals surface area (Å²) in [6.07, 6.45) is 2.65. The van der Waals surface area contributed by atoms with E-state index in [0.717, 1.165) is 50.0 Å². The maximum atomic E-state index is 12.7. The van der Waals surface area contributed by atoms with Gasteiger partial charge in [-0.2, -0.15) is 0 Å². The Labute approximate surface area is 188 Å². The number of hydrogen-bond acceptors (Lipinski definition) is 4. The molecule has 1 aliphatic heterocycles. The van der Waals surface area contributed by atoms with Gasteiger partial charge in [-0.05, 0) is 61.2 Å². The second-order valence-electron chi connectivity index (χ2n) is 7.54. The molecule has 1 aliphatic rings. The highest BCUT2D eigenvalue weighted by atomic mass is 35.5. The van der Waals surface area contributed by atoms with Gasteiger partial charge in [0.1, 0.15) is 0 Å². The van der Waals surface area contributed by atoms with Crippen LogP contribution in [0.2, 0.25) is 10.0 Å². The number of ether oxygens (including phenoxy) is 2. The summed E-state index contributed by atoms with van der Waals surface area (Å²) in [5, 5.41) is 4.39. The summed E-state index contributed by atoms with van der Waals surface area (Å²) >= 11 is 12.3. The molecule has 0 aromatic heterocycles. The van der Waals surface area contributed by atoms with Gasteiger partial charge in [0.25, 0.3) is 0 Å². The standard InChI is InChI=1S/C23H28Cl2N2O3/c1-29-21-8-5-16(12-22(21)30-2)9-10-26-23(28)18-4-3-11-27(15-18)14-17-6-7-19(24)13-20(17)25/h5-8,12-13,18H,3-4,9-11,14-15H2,1-2H3,(H,26,28). The third kappa shape index (κ3) is 6.03. The fourth-order valence-corrected chi connectivity index (χ4v) is 4.28. The zero-order valence-electron chi connectivity index (χ0n) is 17.4. The molecule has 0 aliphatic carbocycles. The number of rotatable bonds is 8. The number of methoxy groups -OCH3 is 2. The van der Waals surface area contributed by atoms with Gasteiger partial charge in [0.05, 0.1) is 20.1 Å². The van der Waals surface area contributed by atoms with Crippen molar-refractivity contribution in [2.45, 2.75) is 25.8 Å². The van der Waals surface area contributed by atoms with E-state index in [-0.39, 0.29) is 11.8 Å². The van der Waals surface area contributed by atoms with Gasteiger partial charge in [0.15, 0.2) is 11.5 Å². The number of nitrogens with one attached hydrogen (secondary N) is 1.